The molecule has 3 nitrogen and oxygen atoms in total. The SMILES string of the molecule is CCNC(=O)COc1cc[c]cc1. The number of nitrogens with one attached hydrogen (secondary N) is 1. The van der Waals surface area contributed by atoms with Gasteiger partial charge >= 0.3 is 0 Å². The zero-order valence-electron chi connectivity index (χ0n) is 7.54. The van der Waals surface area contributed by atoms with Gasteiger partial charge in [0.1, 0.15) is 5.75 Å². The molecule has 3 heteroatoms. The Bertz CT molecular complexity index is 259. The maximum absolute atomic E-state index is 11.0. The summed E-state index contributed by atoms with van der Waals surface area (Å²) in [5.41, 5.74) is 0. The summed E-state index contributed by atoms with van der Waals surface area (Å²) in [6.45, 7) is 2.57. The van der Waals surface area contributed by atoms with Crippen molar-refractivity contribution in [3.05, 3.63) is 30.3 Å². The predicted octanol–water partition coefficient (Wildman–Crippen LogP) is 1.00. The van der Waals surface area contributed by atoms with Crippen LogP contribution in [0.4, 0.5) is 0 Å². The molecule has 0 saturated carbocycles. The van der Waals surface area contributed by atoms with Gasteiger partial charge in [0.25, 0.3) is 5.91 Å². The third kappa shape index (κ3) is 3.60. The molecule has 0 atom stereocenters. The summed E-state index contributed by atoms with van der Waals surface area (Å²) in [6.07, 6.45) is 0. The Morgan fingerprint density at radius 3 is 2.85 bits per heavy atom. The number of ether oxygens (including phenoxy) is 1. The molecule has 0 unspecified atom stereocenters. The standard InChI is InChI=1S/C10H12NO2/c1-2-11-10(12)8-13-9-6-4-3-5-7-9/h4-7H,2,8H2,1H3,(H,11,12). The monoisotopic (exact) mass is 178 g/mol. The maximum atomic E-state index is 11.0. The van der Waals surface area contributed by atoms with Crippen molar-refractivity contribution in [3.8, 4) is 5.75 Å². The first-order chi connectivity index (χ1) is 6.33. The Hall–Kier alpha value is -1.51. The first-order valence-corrected chi connectivity index (χ1v) is 4.18. The lowest BCUT2D eigenvalue weighted by molar-refractivity contribution is -0.122. The largest absolute Gasteiger partial charge is 0.484 e. The van der Waals surface area contributed by atoms with E-state index in [1.54, 1.807) is 24.3 Å². The van der Waals surface area contributed by atoms with E-state index in [-0.39, 0.29) is 12.5 Å². The van der Waals surface area contributed by atoms with Gasteiger partial charge in [0.15, 0.2) is 6.61 Å². The molecule has 0 spiro atoms. The van der Waals surface area contributed by atoms with Crippen molar-refractivity contribution in [2.75, 3.05) is 13.2 Å². The van der Waals surface area contributed by atoms with Crippen LogP contribution in [0.3, 0.4) is 0 Å². The molecule has 0 fully saturated rings. The second-order valence-electron chi connectivity index (χ2n) is 2.48. The molecule has 0 aliphatic carbocycles. The molecular formula is C10H12NO2. The molecule has 69 valence electrons. The Morgan fingerprint density at radius 1 is 1.54 bits per heavy atom. The lowest BCUT2D eigenvalue weighted by atomic mass is 10.3. The minimum atomic E-state index is -0.102. The van der Waals surface area contributed by atoms with Gasteiger partial charge in [0.2, 0.25) is 0 Å². The summed E-state index contributed by atoms with van der Waals surface area (Å²) >= 11 is 0. The zero-order valence-corrected chi connectivity index (χ0v) is 7.54. The number of rotatable bonds is 4. The predicted molar refractivity (Wildman–Crippen MR) is 49.5 cm³/mol. The summed E-state index contributed by atoms with van der Waals surface area (Å²) in [4.78, 5) is 11.0. The lowest BCUT2D eigenvalue weighted by Crippen LogP contribution is -2.28. The fourth-order valence-electron chi connectivity index (χ4n) is 0.865. The zero-order chi connectivity index (χ0) is 9.52. The molecule has 1 N–H and O–H groups in total. The van der Waals surface area contributed by atoms with Crippen LogP contribution < -0.4 is 10.1 Å². The van der Waals surface area contributed by atoms with Gasteiger partial charge in [-0.3, -0.25) is 4.79 Å². The maximum Gasteiger partial charge on any atom is 0.257 e. The fraction of sp³-hybridized carbons (Fsp3) is 0.300. The summed E-state index contributed by atoms with van der Waals surface area (Å²) in [5.74, 6) is 0.584. The van der Waals surface area contributed by atoms with Crippen molar-refractivity contribution in [2.45, 2.75) is 6.92 Å². The molecule has 1 radical (unpaired) electrons. The molecule has 0 heterocycles. The van der Waals surface area contributed by atoms with Crippen LogP contribution in [0.25, 0.3) is 0 Å². The van der Waals surface area contributed by atoms with E-state index in [4.69, 9.17) is 4.74 Å². The van der Waals surface area contributed by atoms with Crippen molar-refractivity contribution in [3.63, 3.8) is 0 Å². The Balaban J connectivity index is 2.31. The molecule has 1 amide bonds. The summed E-state index contributed by atoms with van der Waals surface area (Å²) in [5, 5.41) is 2.64. The van der Waals surface area contributed by atoms with Gasteiger partial charge in [0.05, 0.1) is 0 Å². The number of benzene rings is 1. The van der Waals surface area contributed by atoms with Crippen LogP contribution in [0, 0.1) is 6.07 Å². The van der Waals surface area contributed by atoms with Crippen LogP contribution in [0.15, 0.2) is 24.3 Å². The van der Waals surface area contributed by atoms with Gasteiger partial charge in [0, 0.05) is 6.54 Å². The van der Waals surface area contributed by atoms with E-state index < -0.39 is 0 Å². The Labute approximate surface area is 77.7 Å². The van der Waals surface area contributed by atoms with Crippen LogP contribution >= 0.6 is 0 Å². The number of amides is 1. The number of hydrogen-bond acceptors (Lipinski definition) is 2. The van der Waals surface area contributed by atoms with Crippen LogP contribution in [0.1, 0.15) is 6.92 Å². The average Bonchev–Trinajstić information content (AvgIpc) is 2.17. The smallest absolute Gasteiger partial charge is 0.257 e. The van der Waals surface area contributed by atoms with E-state index in [2.05, 4.69) is 11.4 Å². The minimum Gasteiger partial charge on any atom is -0.484 e. The highest BCUT2D eigenvalue weighted by Gasteiger charge is 1.99. The molecule has 0 bridgehead atoms. The van der Waals surface area contributed by atoms with E-state index in [0.717, 1.165) is 0 Å². The van der Waals surface area contributed by atoms with Crippen molar-refractivity contribution in [2.24, 2.45) is 0 Å². The Morgan fingerprint density at radius 2 is 2.23 bits per heavy atom. The number of carbonyl (C=O) groups is 1. The van der Waals surface area contributed by atoms with E-state index in [9.17, 15) is 4.79 Å². The van der Waals surface area contributed by atoms with Gasteiger partial charge < -0.3 is 10.1 Å². The quantitative estimate of drug-likeness (QED) is 0.747. The van der Waals surface area contributed by atoms with Crippen LogP contribution in [-0.2, 0) is 4.79 Å². The van der Waals surface area contributed by atoms with E-state index in [1.807, 2.05) is 6.92 Å². The lowest BCUT2D eigenvalue weighted by Gasteiger charge is -2.04. The van der Waals surface area contributed by atoms with Gasteiger partial charge in [-0.1, -0.05) is 12.1 Å². The normalized spacial score (nSPS) is 9.31. The third-order valence-electron chi connectivity index (χ3n) is 1.43. The average molecular weight is 178 g/mol. The highest BCUT2D eigenvalue weighted by molar-refractivity contribution is 5.77. The Kier molecular flexibility index (Phi) is 3.82. The fourth-order valence-corrected chi connectivity index (χ4v) is 0.865. The summed E-state index contributed by atoms with van der Waals surface area (Å²) in [7, 11) is 0. The molecule has 1 aromatic carbocycles. The third-order valence-corrected chi connectivity index (χ3v) is 1.43. The van der Waals surface area contributed by atoms with Crippen molar-refractivity contribution in [1.29, 1.82) is 0 Å². The molecule has 0 aromatic heterocycles. The number of hydrogen-bond donors (Lipinski definition) is 1. The summed E-state index contributed by atoms with van der Waals surface area (Å²) in [6, 6.07) is 9.88. The first kappa shape index (κ1) is 9.58. The molecule has 1 rings (SSSR count). The molecule has 0 aliphatic rings. The second kappa shape index (κ2) is 5.19. The topological polar surface area (TPSA) is 38.3 Å². The molecule has 1 aromatic rings. The van der Waals surface area contributed by atoms with Gasteiger partial charge in [-0.05, 0) is 25.1 Å². The molecular weight excluding hydrogens is 166 g/mol. The van der Waals surface area contributed by atoms with Crippen molar-refractivity contribution >= 4 is 5.91 Å². The second-order valence-corrected chi connectivity index (χ2v) is 2.48. The van der Waals surface area contributed by atoms with E-state index >= 15 is 0 Å². The van der Waals surface area contributed by atoms with Crippen molar-refractivity contribution in [1.82, 2.24) is 5.32 Å². The first-order valence-electron chi connectivity index (χ1n) is 4.18. The highest BCUT2D eigenvalue weighted by atomic mass is 16.5. The number of likely N-dealkylation sites (N-methyl/N-ethyl adjacent to an activating group) is 1. The minimum absolute atomic E-state index is 0.0673. The van der Waals surface area contributed by atoms with Gasteiger partial charge in [-0.15, -0.1) is 0 Å². The van der Waals surface area contributed by atoms with Gasteiger partial charge in [-0.2, -0.15) is 0 Å². The van der Waals surface area contributed by atoms with Crippen molar-refractivity contribution < 1.29 is 9.53 Å². The van der Waals surface area contributed by atoms with E-state index in [1.165, 1.54) is 0 Å². The number of carbonyl (C=O) groups excluding carboxylic acids is 1. The molecule has 0 aliphatic heterocycles. The van der Waals surface area contributed by atoms with Crippen LogP contribution in [0.2, 0.25) is 0 Å². The van der Waals surface area contributed by atoms with Crippen LogP contribution in [-0.4, -0.2) is 19.1 Å². The van der Waals surface area contributed by atoms with Gasteiger partial charge in [-0.25, -0.2) is 0 Å². The molecule has 13 heavy (non-hydrogen) atoms. The van der Waals surface area contributed by atoms with E-state index in [0.29, 0.717) is 12.3 Å². The highest BCUT2D eigenvalue weighted by Crippen LogP contribution is 2.06. The van der Waals surface area contributed by atoms with Crippen LogP contribution in [0.5, 0.6) is 5.75 Å². The molecule has 0 saturated heterocycles. The summed E-state index contributed by atoms with van der Waals surface area (Å²) < 4.78 is 5.19.